The lowest BCUT2D eigenvalue weighted by atomic mass is 10.2. The Morgan fingerprint density at radius 3 is 2.76 bits per heavy atom. The molecule has 1 aromatic carbocycles. The molecule has 110 valence electrons. The van der Waals surface area contributed by atoms with Crippen molar-refractivity contribution in [3.8, 4) is 5.75 Å². The van der Waals surface area contributed by atoms with Crippen molar-refractivity contribution in [2.45, 2.75) is 6.42 Å². The lowest BCUT2D eigenvalue weighted by Gasteiger charge is -2.17. The lowest BCUT2D eigenvalue weighted by Crippen LogP contribution is -2.29. The fourth-order valence-electron chi connectivity index (χ4n) is 1.85. The summed E-state index contributed by atoms with van der Waals surface area (Å²) in [6.45, 7) is 1.15. The van der Waals surface area contributed by atoms with Crippen LogP contribution in [0.1, 0.15) is 16.8 Å². The first kappa shape index (κ1) is 15.3. The van der Waals surface area contributed by atoms with E-state index in [0.717, 1.165) is 12.2 Å². The number of carbonyl (C=O) groups is 1. The van der Waals surface area contributed by atoms with E-state index in [-0.39, 0.29) is 5.91 Å². The van der Waals surface area contributed by atoms with E-state index in [9.17, 15) is 4.79 Å². The van der Waals surface area contributed by atoms with E-state index in [1.165, 1.54) is 6.20 Å². The minimum Gasteiger partial charge on any atom is -0.494 e. The smallest absolute Gasteiger partial charge is 0.256 e. The fourth-order valence-corrected chi connectivity index (χ4v) is 2.04. The van der Waals surface area contributed by atoms with Gasteiger partial charge in [0.1, 0.15) is 5.75 Å². The summed E-state index contributed by atoms with van der Waals surface area (Å²) in [6, 6.07) is 11.2. The van der Waals surface area contributed by atoms with Crippen LogP contribution < -0.4 is 4.74 Å². The van der Waals surface area contributed by atoms with Gasteiger partial charge >= 0.3 is 0 Å². The third kappa shape index (κ3) is 4.46. The Balaban J connectivity index is 1.78. The second-order valence-electron chi connectivity index (χ2n) is 4.60. The standard InChI is InChI=1S/C16H17ClN2O2/c1-19(16(20)14-12-18-9-8-15(14)17)10-5-11-21-13-6-3-2-4-7-13/h2-4,6-9,12H,5,10-11H2,1H3. The predicted octanol–water partition coefficient (Wildman–Crippen LogP) is 3.28. The molecule has 0 N–H and O–H groups in total. The number of rotatable bonds is 6. The first-order valence-corrected chi connectivity index (χ1v) is 7.09. The first-order valence-electron chi connectivity index (χ1n) is 6.71. The molecule has 0 aliphatic heterocycles. The van der Waals surface area contributed by atoms with Gasteiger partial charge in [-0.2, -0.15) is 0 Å². The molecular weight excluding hydrogens is 288 g/mol. The number of hydrogen-bond acceptors (Lipinski definition) is 3. The quantitative estimate of drug-likeness (QED) is 0.769. The summed E-state index contributed by atoms with van der Waals surface area (Å²) in [7, 11) is 1.74. The highest BCUT2D eigenvalue weighted by atomic mass is 35.5. The zero-order valence-corrected chi connectivity index (χ0v) is 12.6. The van der Waals surface area contributed by atoms with Crippen molar-refractivity contribution in [1.82, 2.24) is 9.88 Å². The Kier molecular flexibility index (Phi) is 5.58. The largest absolute Gasteiger partial charge is 0.494 e. The SMILES string of the molecule is CN(CCCOc1ccccc1)C(=O)c1cnccc1Cl. The van der Waals surface area contributed by atoms with Crippen LogP contribution in [0.25, 0.3) is 0 Å². The van der Waals surface area contributed by atoms with Crippen molar-refractivity contribution in [3.63, 3.8) is 0 Å². The molecule has 21 heavy (non-hydrogen) atoms. The highest BCUT2D eigenvalue weighted by molar-refractivity contribution is 6.33. The van der Waals surface area contributed by atoms with Gasteiger partial charge in [0.15, 0.2) is 0 Å². The number of amides is 1. The molecule has 0 atom stereocenters. The van der Waals surface area contributed by atoms with Crippen molar-refractivity contribution in [2.75, 3.05) is 20.2 Å². The van der Waals surface area contributed by atoms with E-state index in [1.54, 1.807) is 24.2 Å². The maximum atomic E-state index is 12.2. The normalized spacial score (nSPS) is 10.2. The van der Waals surface area contributed by atoms with E-state index < -0.39 is 0 Å². The summed E-state index contributed by atoms with van der Waals surface area (Å²) in [5.74, 6) is 0.703. The van der Waals surface area contributed by atoms with Crippen molar-refractivity contribution in [2.24, 2.45) is 0 Å². The molecule has 5 heteroatoms. The van der Waals surface area contributed by atoms with Crippen LogP contribution in [0.2, 0.25) is 5.02 Å². The molecule has 1 amide bonds. The molecule has 1 aromatic heterocycles. The van der Waals surface area contributed by atoms with Gasteiger partial charge in [0.2, 0.25) is 0 Å². The number of nitrogens with zero attached hydrogens (tertiary/aromatic N) is 2. The van der Waals surface area contributed by atoms with Crippen LogP contribution in [0.3, 0.4) is 0 Å². The summed E-state index contributed by atoms with van der Waals surface area (Å²) in [5, 5.41) is 0.419. The minimum absolute atomic E-state index is 0.132. The summed E-state index contributed by atoms with van der Waals surface area (Å²) in [4.78, 5) is 17.7. The number of para-hydroxylation sites is 1. The molecule has 0 saturated carbocycles. The van der Waals surface area contributed by atoms with Gasteiger partial charge in [-0.3, -0.25) is 9.78 Å². The van der Waals surface area contributed by atoms with E-state index in [1.807, 2.05) is 30.3 Å². The van der Waals surface area contributed by atoms with E-state index in [0.29, 0.717) is 23.7 Å². The number of halogens is 1. The molecule has 0 unspecified atom stereocenters. The maximum absolute atomic E-state index is 12.2. The van der Waals surface area contributed by atoms with Crippen molar-refractivity contribution in [1.29, 1.82) is 0 Å². The van der Waals surface area contributed by atoms with Crippen LogP contribution >= 0.6 is 11.6 Å². The average molecular weight is 305 g/mol. The first-order chi connectivity index (χ1) is 10.2. The number of carbonyl (C=O) groups excluding carboxylic acids is 1. The van der Waals surface area contributed by atoms with Gasteiger partial charge in [-0.25, -0.2) is 0 Å². The van der Waals surface area contributed by atoms with Crippen LogP contribution in [0, 0.1) is 0 Å². The van der Waals surface area contributed by atoms with Crippen LogP contribution in [0.5, 0.6) is 5.75 Å². The molecule has 2 aromatic rings. The molecular formula is C16H17ClN2O2. The molecule has 0 spiro atoms. The zero-order valence-electron chi connectivity index (χ0n) is 11.8. The van der Waals surface area contributed by atoms with Crippen LogP contribution in [0.15, 0.2) is 48.8 Å². The van der Waals surface area contributed by atoms with Gasteiger partial charge < -0.3 is 9.64 Å². The van der Waals surface area contributed by atoms with Gasteiger partial charge in [0.05, 0.1) is 17.2 Å². The highest BCUT2D eigenvalue weighted by Crippen LogP contribution is 2.15. The lowest BCUT2D eigenvalue weighted by molar-refractivity contribution is 0.0787. The molecule has 4 nitrogen and oxygen atoms in total. The highest BCUT2D eigenvalue weighted by Gasteiger charge is 2.14. The second-order valence-corrected chi connectivity index (χ2v) is 5.00. The summed E-state index contributed by atoms with van der Waals surface area (Å²) in [6.07, 6.45) is 3.80. The maximum Gasteiger partial charge on any atom is 0.256 e. The Labute approximate surface area is 129 Å². The van der Waals surface area contributed by atoms with Crippen LogP contribution in [-0.2, 0) is 0 Å². The number of ether oxygens (including phenoxy) is 1. The second kappa shape index (κ2) is 7.64. The zero-order chi connectivity index (χ0) is 15.1. The van der Waals surface area contributed by atoms with Crippen molar-refractivity contribution >= 4 is 17.5 Å². The summed E-state index contributed by atoms with van der Waals surface area (Å²) < 4.78 is 5.59. The third-order valence-corrected chi connectivity index (χ3v) is 3.32. The number of hydrogen-bond donors (Lipinski definition) is 0. The summed E-state index contributed by atoms with van der Waals surface area (Å²) in [5.41, 5.74) is 0.422. The van der Waals surface area contributed by atoms with E-state index in [4.69, 9.17) is 16.3 Å². The van der Waals surface area contributed by atoms with Crippen LogP contribution in [-0.4, -0.2) is 36.0 Å². The van der Waals surface area contributed by atoms with Crippen LogP contribution in [0.4, 0.5) is 0 Å². The molecule has 1 heterocycles. The molecule has 0 fully saturated rings. The summed E-state index contributed by atoms with van der Waals surface area (Å²) >= 11 is 5.99. The van der Waals surface area contributed by atoms with Crippen molar-refractivity contribution < 1.29 is 9.53 Å². The van der Waals surface area contributed by atoms with E-state index >= 15 is 0 Å². The Morgan fingerprint density at radius 1 is 1.29 bits per heavy atom. The van der Waals surface area contributed by atoms with E-state index in [2.05, 4.69) is 4.98 Å². The third-order valence-electron chi connectivity index (χ3n) is 2.99. The number of aromatic nitrogens is 1. The number of benzene rings is 1. The molecule has 0 saturated heterocycles. The van der Waals surface area contributed by atoms with Gasteiger partial charge in [0, 0.05) is 26.0 Å². The average Bonchev–Trinajstić information content (AvgIpc) is 2.52. The van der Waals surface area contributed by atoms with Crippen molar-refractivity contribution in [3.05, 3.63) is 59.4 Å². The van der Waals surface area contributed by atoms with Gasteiger partial charge in [0.25, 0.3) is 5.91 Å². The van der Waals surface area contributed by atoms with Gasteiger partial charge in [-0.05, 0) is 24.6 Å². The monoisotopic (exact) mass is 304 g/mol. The predicted molar refractivity (Wildman–Crippen MR) is 82.8 cm³/mol. The van der Waals surface area contributed by atoms with Gasteiger partial charge in [-0.15, -0.1) is 0 Å². The topological polar surface area (TPSA) is 42.4 Å². The fraction of sp³-hybridized carbons (Fsp3) is 0.250. The van der Waals surface area contributed by atoms with Gasteiger partial charge in [-0.1, -0.05) is 29.8 Å². The molecule has 0 aliphatic carbocycles. The molecule has 2 rings (SSSR count). The Morgan fingerprint density at radius 2 is 2.05 bits per heavy atom. The molecule has 0 aliphatic rings. The Bertz CT molecular complexity index is 590. The molecule has 0 radical (unpaired) electrons. The minimum atomic E-state index is -0.132. The number of pyridine rings is 1. The Hall–Kier alpha value is -2.07. The molecule has 0 bridgehead atoms.